The van der Waals surface area contributed by atoms with Crippen molar-refractivity contribution in [3.63, 3.8) is 0 Å². The van der Waals surface area contributed by atoms with Crippen LogP contribution in [0.1, 0.15) is 44.1 Å². The molecule has 6 nitrogen and oxygen atoms in total. The zero-order chi connectivity index (χ0) is 25.5. The molecule has 2 saturated heterocycles. The maximum absolute atomic E-state index is 13.7. The van der Waals surface area contributed by atoms with Crippen LogP contribution in [0.4, 0.5) is 0 Å². The third-order valence-electron chi connectivity index (χ3n) is 7.62. The van der Waals surface area contributed by atoms with Gasteiger partial charge in [-0.05, 0) is 56.1 Å². The van der Waals surface area contributed by atoms with E-state index in [1.54, 1.807) is 12.1 Å². The second-order valence-corrected chi connectivity index (χ2v) is 10.8. The van der Waals surface area contributed by atoms with Gasteiger partial charge in [-0.15, -0.1) is 0 Å². The van der Waals surface area contributed by atoms with Crippen molar-refractivity contribution < 1.29 is 14.3 Å². The summed E-state index contributed by atoms with van der Waals surface area (Å²) >= 11 is 6.05. The monoisotopic (exact) mass is 511 g/mol. The van der Waals surface area contributed by atoms with Gasteiger partial charge in [-0.2, -0.15) is 0 Å². The van der Waals surface area contributed by atoms with Gasteiger partial charge in [0.15, 0.2) is 0 Å². The van der Waals surface area contributed by atoms with Gasteiger partial charge in [0.25, 0.3) is 0 Å². The highest BCUT2D eigenvalue weighted by molar-refractivity contribution is 6.30. The Hall–Kier alpha value is -2.57. The van der Waals surface area contributed by atoms with Crippen LogP contribution in [0.25, 0.3) is 0 Å². The van der Waals surface area contributed by atoms with E-state index in [1.165, 1.54) is 0 Å². The van der Waals surface area contributed by atoms with Crippen molar-refractivity contribution >= 4 is 23.4 Å². The molecule has 0 unspecified atom stereocenters. The lowest BCUT2D eigenvalue weighted by Crippen LogP contribution is -2.53. The number of hydrogen-bond acceptors (Lipinski definition) is 4. The van der Waals surface area contributed by atoms with E-state index in [0.29, 0.717) is 31.1 Å². The number of likely N-dealkylation sites (N-methyl/N-ethyl adjacent to an activating group) is 1. The Bertz CT molecular complexity index is 1010. The molecule has 0 radical (unpaired) electrons. The average molecular weight is 512 g/mol. The quantitative estimate of drug-likeness (QED) is 0.516. The molecule has 0 bridgehead atoms. The van der Waals surface area contributed by atoms with E-state index in [1.807, 2.05) is 52.3 Å². The molecule has 194 valence electrons. The van der Waals surface area contributed by atoms with Crippen LogP contribution in [0.3, 0.4) is 0 Å². The van der Waals surface area contributed by atoms with Crippen LogP contribution in [0.2, 0.25) is 5.02 Å². The van der Waals surface area contributed by atoms with Crippen molar-refractivity contribution in [2.24, 2.45) is 5.41 Å². The Morgan fingerprint density at radius 2 is 1.67 bits per heavy atom. The third kappa shape index (κ3) is 6.60. The highest BCUT2D eigenvalue weighted by Crippen LogP contribution is 2.37. The lowest BCUT2D eigenvalue weighted by molar-refractivity contribution is -0.143. The van der Waals surface area contributed by atoms with E-state index in [4.69, 9.17) is 16.3 Å². The van der Waals surface area contributed by atoms with E-state index < -0.39 is 5.41 Å². The molecule has 2 aromatic rings. The van der Waals surface area contributed by atoms with E-state index in [-0.39, 0.29) is 17.7 Å². The number of halogens is 1. The Kier molecular flexibility index (Phi) is 8.91. The van der Waals surface area contributed by atoms with Crippen LogP contribution in [0, 0.1) is 5.41 Å². The Morgan fingerprint density at radius 1 is 0.972 bits per heavy atom. The van der Waals surface area contributed by atoms with Crippen molar-refractivity contribution in [3.8, 4) is 5.75 Å². The van der Waals surface area contributed by atoms with Crippen LogP contribution < -0.4 is 4.74 Å². The first-order valence-corrected chi connectivity index (χ1v) is 13.5. The zero-order valence-electron chi connectivity index (χ0n) is 21.5. The zero-order valence-corrected chi connectivity index (χ0v) is 22.3. The smallest absolute Gasteiger partial charge is 0.230 e. The van der Waals surface area contributed by atoms with Gasteiger partial charge in [-0.25, -0.2) is 0 Å². The fourth-order valence-electron chi connectivity index (χ4n) is 5.42. The number of benzene rings is 2. The largest absolute Gasteiger partial charge is 0.493 e. The number of likely N-dealkylation sites (tertiary alicyclic amines) is 1. The van der Waals surface area contributed by atoms with Crippen LogP contribution in [0.5, 0.6) is 5.75 Å². The van der Waals surface area contributed by atoms with E-state index >= 15 is 0 Å². The molecule has 0 spiro atoms. The molecule has 2 fully saturated rings. The van der Waals surface area contributed by atoms with Crippen molar-refractivity contribution in [2.45, 2.75) is 38.5 Å². The Labute approximate surface area is 220 Å². The van der Waals surface area contributed by atoms with Crippen LogP contribution >= 0.6 is 11.6 Å². The summed E-state index contributed by atoms with van der Waals surface area (Å²) in [5.41, 5.74) is 0.621. The van der Waals surface area contributed by atoms with Gasteiger partial charge in [0, 0.05) is 56.1 Å². The van der Waals surface area contributed by atoms with E-state index in [9.17, 15) is 9.59 Å². The number of ether oxygens (including phenoxy) is 1. The first-order chi connectivity index (χ1) is 17.4. The highest BCUT2D eigenvalue weighted by Gasteiger charge is 2.42. The number of piperidine rings is 1. The standard InChI is InChI=1S/C29H38ClN3O3/c1-3-26(23-8-5-4-6-9-23)28(35)33-15-7-14-29(21-33,22-36-25-12-10-24(30)11-13-25)20-27(34)32-18-16-31(2)17-19-32/h4-6,8-13,26H,3,7,14-22H2,1-2H3/t26-,29+/m0/s1. The molecule has 2 amide bonds. The first kappa shape index (κ1) is 26.5. The van der Waals surface area contributed by atoms with Crippen LogP contribution in [-0.2, 0) is 9.59 Å². The Morgan fingerprint density at radius 3 is 2.33 bits per heavy atom. The number of amides is 2. The van der Waals surface area contributed by atoms with Gasteiger partial charge in [0.2, 0.25) is 11.8 Å². The van der Waals surface area contributed by atoms with E-state index in [2.05, 4.69) is 18.9 Å². The molecule has 0 N–H and O–H groups in total. The molecule has 0 saturated carbocycles. The van der Waals surface area contributed by atoms with Gasteiger partial charge in [0.1, 0.15) is 5.75 Å². The maximum Gasteiger partial charge on any atom is 0.230 e. The summed E-state index contributed by atoms with van der Waals surface area (Å²) in [4.78, 5) is 33.4. The minimum atomic E-state index is -0.428. The molecule has 36 heavy (non-hydrogen) atoms. The van der Waals surface area contributed by atoms with Crippen molar-refractivity contribution in [3.05, 3.63) is 65.2 Å². The predicted molar refractivity (Wildman–Crippen MR) is 143 cm³/mol. The van der Waals surface area contributed by atoms with Crippen LogP contribution in [-0.4, -0.2) is 79.4 Å². The van der Waals surface area contributed by atoms with Crippen molar-refractivity contribution in [2.75, 3.05) is 52.9 Å². The molecular formula is C29H38ClN3O3. The number of nitrogens with zero attached hydrogens (tertiary/aromatic N) is 3. The lowest BCUT2D eigenvalue weighted by Gasteiger charge is -2.44. The lowest BCUT2D eigenvalue weighted by atomic mass is 9.76. The van der Waals surface area contributed by atoms with E-state index in [0.717, 1.165) is 56.8 Å². The normalized spacial score (nSPS) is 21.8. The minimum Gasteiger partial charge on any atom is -0.493 e. The molecule has 2 atom stereocenters. The van der Waals surface area contributed by atoms with Crippen LogP contribution in [0.15, 0.2) is 54.6 Å². The molecule has 2 heterocycles. The molecule has 0 aromatic heterocycles. The van der Waals surface area contributed by atoms with Gasteiger partial charge in [0.05, 0.1) is 12.5 Å². The highest BCUT2D eigenvalue weighted by atomic mass is 35.5. The molecule has 7 heteroatoms. The molecular weight excluding hydrogens is 474 g/mol. The Balaban J connectivity index is 1.52. The number of carbonyl (C=O) groups excluding carboxylic acids is 2. The first-order valence-electron chi connectivity index (χ1n) is 13.1. The number of carbonyl (C=O) groups is 2. The number of rotatable bonds is 8. The van der Waals surface area contributed by atoms with Gasteiger partial charge in [-0.3, -0.25) is 9.59 Å². The molecule has 2 aromatic carbocycles. The maximum atomic E-state index is 13.7. The van der Waals surface area contributed by atoms with Crippen molar-refractivity contribution in [1.82, 2.24) is 14.7 Å². The molecule has 0 aliphatic carbocycles. The summed E-state index contributed by atoms with van der Waals surface area (Å²) in [5, 5.41) is 0.656. The summed E-state index contributed by atoms with van der Waals surface area (Å²) in [6.45, 7) is 6.97. The molecule has 2 aliphatic rings. The summed E-state index contributed by atoms with van der Waals surface area (Å²) in [5.74, 6) is 0.857. The fourth-order valence-corrected chi connectivity index (χ4v) is 5.55. The second kappa shape index (κ2) is 12.1. The molecule has 4 rings (SSSR count). The summed E-state index contributed by atoms with van der Waals surface area (Å²) < 4.78 is 6.23. The average Bonchev–Trinajstić information content (AvgIpc) is 2.90. The summed E-state index contributed by atoms with van der Waals surface area (Å²) in [7, 11) is 2.09. The van der Waals surface area contributed by atoms with Gasteiger partial charge in [-0.1, -0.05) is 48.9 Å². The van der Waals surface area contributed by atoms with Gasteiger partial charge >= 0.3 is 0 Å². The fraction of sp³-hybridized carbons (Fsp3) is 0.517. The third-order valence-corrected chi connectivity index (χ3v) is 7.87. The second-order valence-electron chi connectivity index (χ2n) is 10.3. The summed E-state index contributed by atoms with van der Waals surface area (Å²) in [6, 6.07) is 17.3. The topological polar surface area (TPSA) is 53.1 Å². The number of hydrogen-bond donors (Lipinski definition) is 0. The number of piperazine rings is 1. The summed E-state index contributed by atoms with van der Waals surface area (Å²) in [6.07, 6.45) is 2.84. The van der Waals surface area contributed by atoms with Gasteiger partial charge < -0.3 is 19.4 Å². The SMILES string of the molecule is CC[C@H](C(=O)N1CCC[C@@](COc2ccc(Cl)cc2)(CC(=O)N2CCN(C)CC2)C1)c1ccccc1. The van der Waals surface area contributed by atoms with Crippen molar-refractivity contribution in [1.29, 1.82) is 0 Å². The minimum absolute atomic E-state index is 0.145. The molecule has 2 aliphatic heterocycles. The predicted octanol–water partition coefficient (Wildman–Crippen LogP) is 4.69.